The summed E-state index contributed by atoms with van der Waals surface area (Å²) in [6.07, 6.45) is 5.95. The Morgan fingerprint density at radius 1 is 1.32 bits per heavy atom. The molecule has 2 aliphatic heterocycles. The van der Waals surface area contributed by atoms with E-state index >= 15 is 0 Å². The maximum Gasteiger partial charge on any atom is 0.191 e. The van der Waals surface area contributed by atoms with Crippen molar-refractivity contribution >= 4 is 11.8 Å². The van der Waals surface area contributed by atoms with E-state index in [2.05, 4.69) is 20.1 Å². The molecule has 0 saturated carbocycles. The summed E-state index contributed by atoms with van der Waals surface area (Å²) in [6, 6.07) is 0.512. The van der Waals surface area contributed by atoms with Crippen LogP contribution >= 0.6 is 11.8 Å². The second-order valence-electron chi connectivity index (χ2n) is 5.28. The van der Waals surface area contributed by atoms with Crippen LogP contribution in [0.5, 0.6) is 0 Å². The minimum atomic E-state index is 0.440. The van der Waals surface area contributed by atoms with Gasteiger partial charge in [0.2, 0.25) is 0 Å². The molecule has 0 aromatic carbocycles. The Kier molecular flexibility index (Phi) is 4.40. The molecular weight excluding hydrogens is 260 g/mol. The van der Waals surface area contributed by atoms with Gasteiger partial charge in [-0.1, -0.05) is 18.2 Å². The molecule has 0 amide bonds. The van der Waals surface area contributed by atoms with Crippen LogP contribution < -0.4 is 5.32 Å². The lowest BCUT2D eigenvalue weighted by atomic mass is 10.1. The van der Waals surface area contributed by atoms with E-state index in [1.165, 1.54) is 19.3 Å². The molecular formula is C13H22N4OS. The SMILES string of the molecule is CNC1CCOCC1Sc1nnc2n1CCCCC2. The maximum atomic E-state index is 5.61. The summed E-state index contributed by atoms with van der Waals surface area (Å²) in [5, 5.41) is 13.7. The predicted octanol–water partition coefficient (Wildman–Crippen LogP) is 1.47. The van der Waals surface area contributed by atoms with Gasteiger partial charge < -0.3 is 14.6 Å². The third kappa shape index (κ3) is 2.95. The monoisotopic (exact) mass is 282 g/mol. The number of rotatable bonds is 3. The fourth-order valence-electron chi connectivity index (χ4n) is 2.84. The Morgan fingerprint density at radius 2 is 2.26 bits per heavy atom. The molecule has 2 atom stereocenters. The van der Waals surface area contributed by atoms with Crippen molar-refractivity contribution in [3.8, 4) is 0 Å². The molecule has 3 rings (SSSR count). The molecule has 0 bridgehead atoms. The Hall–Kier alpha value is -0.590. The first-order valence-electron chi connectivity index (χ1n) is 7.22. The van der Waals surface area contributed by atoms with Crippen molar-refractivity contribution in [3.63, 3.8) is 0 Å². The first kappa shape index (κ1) is 13.4. The standard InChI is InChI=1S/C13H22N4OS/c1-14-10-6-8-18-9-11(10)19-13-16-15-12-5-3-2-4-7-17(12)13/h10-11,14H,2-9H2,1H3. The molecule has 2 unspecified atom stereocenters. The molecule has 1 N–H and O–H groups in total. The summed E-state index contributed by atoms with van der Waals surface area (Å²) in [7, 11) is 2.04. The van der Waals surface area contributed by atoms with Gasteiger partial charge in [-0.05, 0) is 26.3 Å². The Morgan fingerprint density at radius 3 is 3.16 bits per heavy atom. The first-order valence-corrected chi connectivity index (χ1v) is 8.10. The Balaban J connectivity index is 1.73. The minimum Gasteiger partial charge on any atom is -0.380 e. The van der Waals surface area contributed by atoms with Crippen LogP contribution in [0.15, 0.2) is 5.16 Å². The molecule has 1 saturated heterocycles. The van der Waals surface area contributed by atoms with Gasteiger partial charge in [-0.15, -0.1) is 10.2 Å². The Labute approximate surface area is 118 Å². The van der Waals surface area contributed by atoms with Crippen LogP contribution in [0.3, 0.4) is 0 Å². The third-order valence-electron chi connectivity index (χ3n) is 4.01. The van der Waals surface area contributed by atoms with Crippen molar-refractivity contribution in [1.82, 2.24) is 20.1 Å². The number of hydrogen-bond acceptors (Lipinski definition) is 5. The van der Waals surface area contributed by atoms with Gasteiger partial charge in [0.15, 0.2) is 5.16 Å². The zero-order valence-electron chi connectivity index (χ0n) is 11.5. The number of ether oxygens (including phenoxy) is 1. The smallest absolute Gasteiger partial charge is 0.191 e. The molecule has 1 aromatic heterocycles. The quantitative estimate of drug-likeness (QED) is 0.910. The van der Waals surface area contributed by atoms with Crippen molar-refractivity contribution in [2.75, 3.05) is 20.3 Å². The molecule has 106 valence electrons. The van der Waals surface area contributed by atoms with Crippen molar-refractivity contribution in [3.05, 3.63) is 5.82 Å². The number of nitrogens with zero attached hydrogens (tertiary/aromatic N) is 3. The van der Waals surface area contributed by atoms with E-state index in [0.29, 0.717) is 11.3 Å². The van der Waals surface area contributed by atoms with E-state index < -0.39 is 0 Å². The van der Waals surface area contributed by atoms with Gasteiger partial charge in [-0.25, -0.2) is 0 Å². The molecule has 2 aliphatic rings. The number of nitrogens with one attached hydrogen (secondary N) is 1. The average molecular weight is 282 g/mol. The highest BCUT2D eigenvalue weighted by Crippen LogP contribution is 2.29. The van der Waals surface area contributed by atoms with Gasteiger partial charge in [-0.2, -0.15) is 0 Å². The highest BCUT2D eigenvalue weighted by molar-refractivity contribution is 7.99. The molecule has 5 nitrogen and oxygen atoms in total. The first-order chi connectivity index (χ1) is 9.38. The number of fused-ring (bicyclic) bond motifs is 1. The number of aromatic nitrogens is 3. The van der Waals surface area contributed by atoms with Crippen molar-refractivity contribution in [2.24, 2.45) is 0 Å². The summed E-state index contributed by atoms with van der Waals surface area (Å²) >= 11 is 1.83. The third-order valence-corrected chi connectivity index (χ3v) is 5.29. The van der Waals surface area contributed by atoms with Crippen molar-refractivity contribution < 1.29 is 4.74 Å². The van der Waals surface area contributed by atoms with Crippen molar-refractivity contribution in [2.45, 2.75) is 55.1 Å². The summed E-state index contributed by atoms with van der Waals surface area (Å²) < 4.78 is 7.93. The summed E-state index contributed by atoms with van der Waals surface area (Å²) in [6.45, 7) is 2.74. The van der Waals surface area contributed by atoms with Gasteiger partial charge in [-0.3, -0.25) is 0 Å². The molecule has 19 heavy (non-hydrogen) atoms. The molecule has 1 aromatic rings. The van der Waals surface area contributed by atoms with E-state index in [1.807, 2.05) is 18.8 Å². The van der Waals surface area contributed by atoms with Crippen molar-refractivity contribution in [1.29, 1.82) is 0 Å². The van der Waals surface area contributed by atoms with Crippen LogP contribution in [0.4, 0.5) is 0 Å². The van der Waals surface area contributed by atoms with Gasteiger partial charge in [0.1, 0.15) is 5.82 Å². The number of aryl methyl sites for hydroxylation is 1. The van der Waals surface area contributed by atoms with E-state index in [4.69, 9.17) is 4.74 Å². The highest BCUT2D eigenvalue weighted by Gasteiger charge is 2.28. The maximum absolute atomic E-state index is 5.61. The van der Waals surface area contributed by atoms with E-state index in [9.17, 15) is 0 Å². The highest BCUT2D eigenvalue weighted by atomic mass is 32.2. The topological polar surface area (TPSA) is 52.0 Å². The van der Waals surface area contributed by atoms with E-state index in [1.54, 1.807) is 0 Å². The average Bonchev–Trinajstić information content (AvgIpc) is 2.68. The van der Waals surface area contributed by atoms with Crippen LogP contribution in [0.2, 0.25) is 0 Å². The lowest BCUT2D eigenvalue weighted by Gasteiger charge is -2.30. The van der Waals surface area contributed by atoms with Crippen LogP contribution in [-0.4, -0.2) is 46.3 Å². The Bertz CT molecular complexity index is 423. The minimum absolute atomic E-state index is 0.440. The molecule has 0 aliphatic carbocycles. The van der Waals surface area contributed by atoms with E-state index in [-0.39, 0.29) is 0 Å². The molecule has 6 heteroatoms. The summed E-state index contributed by atoms with van der Waals surface area (Å²) in [5.41, 5.74) is 0. The lowest BCUT2D eigenvalue weighted by Crippen LogP contribution is -2.43. The predicted molar refractivity (Wildman–Crippen MR) is 75.5 cm³/mol. The van der Waals surface area contributed by atoms with E-state index in [0.717, 1.165) is 43.6 Å². The largest absolute Gasteiger partial charge is 0.380 e. The van der Waals surface area contributed by atoms with Crippen LogP contribution in [0.1, 0.15) is 31.5 Å². The normalized spacial score (nSPS) is 27.8. The fraction of sp³-hybridized carbons (Fsp3) is 0.846. The number of thioether (sulfide) groups is 1. The second kappa shape index (κ2) is 6.24. The van der Waals surface area contributed by atoms with Crippen LogP contribution in [0.25, 0.3) is 0 Å². The fourth-order valence-corrected chi connectivity index (χ4v) is 4.12. The molecule has 0 radical (unpaired) electrons. The zero-order chi connectivity index (χ0) is 13.1. The van der Waals surface area contributed by atoms with Gasteiger partial charge >= 0.3 is 0 Å². The molecule has 3 heterocycles. The van der Waals surface area contributed by atoms with Crippen LogP contribution in [-0.2, 0) is 17.7 Å². The summed E-state index contributed by atoms with van der Waals surface area (Å²) in [5.74, 6) is 1.16. The molecule has 0 spiro atoms. The zero-order valence-corrected chi connectivity index (χ0v) is 12.3. The number of hydrogen-bond donors (Lipinski definition) is 1. The van der Waals surface area contributed by atoms with Gasteiger partial charge in [0.25, 0.3) is 0 Å². The second-order valence-corrected chi connectivity index (χ2v) is 6.48. The van der Waals surface area contributed by atoms with Crippen LogP contribution in [0, 0.1) is 0 Å². The lowest BCUT2D eigenvalue weighted by molar-refractivity contribution is 0.0849. The molecule has 1 fully saturated rings. The van der Waals surface area contributed by atoms with Gasteiger partial charge in [0, 0.05) is 25.6 Å². The van der Waals surface area contributed by atoms with Gasteiger partial charge in [0.05, 0.1) is 11.9 Å². The summed E-state index contributed by atoms with van der Waals surface area (Å²) in [4.78, 5) is 0.